The third kappa shape index (κ3) is 3.51. The van der Waals surface area contributed by atoms with Gasteiger partial charge in [0.25, 0.3) is 0 Å². The molecule has 1 aromatic rings. The largest absolute Gasteiger partial charge is 0.350 e. The quantitative estimate of drug-likeness (QED) is 0.909. The molecule has 3 rings (SSSR count). The molecule has 21 heavy (non-hydrogen) atoms. The van der Waals surface area contributed by atoms with Crippen LogP contribution in [0, 0.1) is 0 Å². The van der Waals surface area contributed by atoms with Crippen LogP contribution in [0.5, 0.6) is 0 Å². The molecule has 106 valence electrons. The average Bonchev–Trinajstić information content (AvgIpc) is 2.83. The fourth-order valence-electron chi connectivity index (χ4n) is 2.34. The van der Waals surface area contributed by atoms with E-state index >= 15 is 0 Å². The lowest BCUT2D eigenvalue weighted by Crippen LogP contribution is -2.21. The molecule has 1 heterocycles. The maximum Gasteiger partial charge on any atom is 0.227 e. The van der Waals surface area contributed by atoms with Gasteiger partial charge in [0.15, 0.2) is 0 Å². The number of oxime groups is 1. The summed E-state index contributed by atoms with van der Waals surface area (Å²) >= 11 is 0. The van der Waals surface area contributed by atoms with Crippen LogP contribution in [0.25, 0.3) is 5.57 Å². The second-order valence-corrected chi connectivity index (χ2v) is 4.95. The number of allylic oxidation sites excluding steroid dienone is 6. The lowest BCUT2D eigenvalue weighted by Gasteiger charge is -2.17. The van der Waals surface area contributed by atoms with Crippen LogP contribution in [-0.4, -0.2) is 12.8 Å². The van der Waals surface area contributed by atoms with Crippen molar-refractivity contribution in [2.75, 3.05) is 6.54 Å². The lowest BCUT2D eigenvalue weighted by atomic mass is 10.0. The Kier molecular flexibility index (Phi) is 4.32. The zero-order valence-corrected chi connectivity index (χ0v) is 11.8. The summed E-state index contributed by atoms with van der Waals surface area (Å²) < 4.78 is 0. The maximum atomic E-state index is 5.44. The second-order valence-electron chi connectivity index (χ2n) is 4.95. The SMILES string of the molecule is C1=CC=C(CNC2=C(c3ccccc3)CC=NO2)CC=C1. The zero-order valence-electron chi connectivity index (χ0n) is 11.8. The second kappa shape index (κ2) is 6.75. The fourth-order valence-corrected chi connectivity index (χ4v) is 2.34. The first-order valence-corrected chi connectivity index (χ1v) is 7.16. The van der Waals surface area contributed by atoms with E-state index in [4.69, 9.17) is 4.84 Å². The summed E-state index contributed by atoms with van der Waals surface area (Å²) in [5.74, 6) is 0.752. The minimum Gasteiger partial charge on any atom is -0.350 e. The van der Waals surface area contributed by atoms with Gasteiger partial charge in [0, 0.05) is 24.8 Å². The first-order chi connectivity index (χ1) is 10.4. The number of hydrogen-bond acceptors (Lipinski definition) is 3. The lowest BCUT2D eigenvalue weighted by molar-refractivity contribution is 0.204. The molecule has 0 amide bonds. The summed E-state index contributed by atoms with van der Waals surface area (Å²) in [7, 11) is 0. The van der Waals surface area contributed by atoms with Crippen molar-refractivity contribution >= 4 is 11.8 Å². The van der Waals surface area contributed by atoms with Crippen molar-refractivity contribution in [1.82, 2.24) is 5.32 Å². The molecular formula is C18H18N2O. The number of rotatable bonds is 4. The van der Waals surface area contributed by atoms with Gasteiger partial charge in [-0.2, -0.15) is 0 Å². The molecule has 1 N–H and O–H groups in total. The first-order valence-electron chi connectivity index (χ1n) is 7.16. The Morgan fingerprint density at radius 3 is 2.86 bits per heavy atom. The number of hydrogen-bond donors (Lipinski definition) is 1. The Morgan fingerprint density at radius 2 is 1.95 bits per heavy atom. The van der Waals surface area contributed by atoms with E-state index in [-0.39, 0.29) is 0 Å². The van der Waals surface area contributed by atoms with Crippen LogP contribution in [0.2, 0.25) is 0 Å². The van der Waals surface area contributed by atoms with Gasteiger partial charge in [-0.25, -0.2) is 0 Å². The maximum absolute atomic E-state index is 5.44. The summed E-state index contributed by atoms with van der Waals surface area (Å²) in [6.45, 7) is 0.760. The van der Waals surface area contributed by atoms with E-state index in [1.54, 1.807) is 6.21 Å². The topological polar surface area (TPSA) is 33.6 Å². The van der Waals surface area contributed by atoms with E-state index in [0.29, 0.717) is 0 Å². The predicted molar refractivity (Wildman–Crippen MR) is 86.5 cm³/mol. The van der Waals surface area contributed by atoms with E-state index < -0.39 is 0 Å². The van der Waals surface area contributed by atoms with Gasteiger partial charge >= 0.3 is 0 Å². The highest BCUT2D eigenvalue weighted by molar-refractivity contribution is 5.81. The van der Waals surface area contributed by atoms with Gasteiger partial charge in [-0.3, -0.25) is 0 Å². The van der Waals surface area contributed by atoms with Crippen molar-refractivity contribution in [2.24, 2.45) is 5.16 Å². The first kappa shape index (κ1) is 13.4. The van der Waals surface area contributed by atoms with Crippen LogP contribution in [0.15, 0.2) is 77.3 Å². The molecule has 1 aliphatic carbocycles. The molecule has 0 atom stereocenters. The molecule has 0 spiro atoms. The van der Waals surface area contributed by atoms with Crippen LogP contribution >= 0.6 is 0 Å². The highest BCUT2D eigenvalue weighted by atomic mass is 16.6. The highest BCUT2D eigenvalue weighted by Crippen LogP contribution is 2.24. The number of nitrogens with one attached hydrogen (secondary N) is 1. The van der Waals surface area contributed by atoms with Crippen LogP contribution in [-0.2, 0) is 4.84 Å². The van der Waals surface area contributed by atoms with Gasteiger partial charge in [0.05, 0.1) is 0 Å². The minimum absolute atomic E-state index is 0.752. The van der Waals surface area contributed by atoms with E-state index in [1.807, 2.05) is 24.3 Å². The Hall–Kier alpha value is -2.55. The molecule has 1 aromatic carbocycles. The van der Waals surface area contributed by atoms with Gasteiger partial charge in [0.1, 0.15) is 0 Å². The van der Waals surface area contributed by atoms with Gasteiger partial charge in [0.2, 0.25) is 5.88 Å². The van der Waals surface area contributed by atoms with Crippen LogP contribution in [0.3, 0.4) is 0 Å². The van der Waals surface area contributed by atoms with Crippen molar-refractivity contribution in [3.05, 3.63) is 77.7 Å². The van der Waals surface area contributed by atoms with E-state index in [0.717, 1.165) is 30.8 Å². The number of nitrogens with zero attached hydrogens (tertiary/aromatic N) is 1. The summed E-state index contributed by atoms with van der Waals surface area (Å²) in [4.78, 5) is 5.44. The molecule has 3 nitrogen and oxygen atoms in total. The Balaban J connectivity index is 1.75. The Labute approximate surface area is 125 Å². The summed E-state index contributed by atoms with van der Waals surface area (Å²) in [5.41, 5.74) is 3.63. The van der Waals surface area contributed by atoms with Crippen molar-refractivity contribution in [3.8, 4) is 0 Å². The summed E-state index contributed by atoms with van der Waals surface area (Å²) in [5, 5.41) is 7.30. The number of benzene rings is 1. The summed E-state index contributed by atoms with van der Waals surface area (Å²) in [6, 6.07) is 10.3. The monoisotopic (exact) mass is 278 g/mol. The van der Waals surface area contributed by atoms with E-state index in [1.165, 1.54) is 11.1 Å². The molecule has 2 aliphatic rings. The molecule has 0 radical (unpaired) electrons. The molecule has 0 saturated heterocycles. The van der Waals surface area contributed by atoms with Crippen molar-refractivity contribution in [1.29, 1.82) is 0 Å². The molecule has 0 saturated carbocycles. The van der Waals surface area contributed by atoms with E-state index in [2.05, 4.69) is 46.9 Å². The molecular weight excluding hydrogens is 260 g/mol. The molecule has 3 heteroatoms. The molecule has 1 aliphatic heterocycles. The molecule has 0 aromatic heterocycles. The molecule has 0 unspecified atom stereocenters. The van der Waals surface area contributed by atoms with Crippen LogP contribution in [0.1, 0.15) is 18.4 Å². The van der Waals surface area contributed by atoms with Gasteiger partial charge in [-0.15, -0.1) is 0 Å². The fraction of sp³-hybridized carbons (Fsp3) is 0.167. The van der Waals surface area contributed by atoms with Gasteiger partial charge < -0.3 is 10.2 Å². The molecule has 0 bridgehead atoms. The zero-order chi connectivity index (χ0) is 14.3. The normalized spacial score (nSPS) is 17.2. The van der Waals surface area contributed by atoms with Gasteiger partial charge in [-0.1, -0.05) is 65.9 Å². The third-order valence-corrected chi connectivity index (χ3v) is 3.46. The standard InChI is InChI=1S/C18H18N2O/c1-2-5-9-15(8-4-1)14-19-18-17(12-13-20-21-18)16-10-6-3-7-11-16/h1-8,10-11,13,19H,9,12,14H2. The Morgan fingerprint density at radius 1 is 1.05 bits per heavy atom. The van der Waals surface area contributed by atoms with Crippen LogP contribution in [0.4, 0.5) is 0 Å². The van der Waals surface area contributed by atoms with E-state index in [9.17, 15) is 0 Å². The van der Waals surface area contributed by atoms with Gasteiger partial charge in [-0.05, 0) is 17.6 Å². The van der Waals surface area contributed by atoms with Crippen molar-refractivity contribution in [3.63, 3.8) is 0 Å². The predicted octanol–water partition coefficient (Wildman–Crippen LogP) is 3.79. The smallest absolute Gasteiger partial charge is 0.227 e. The summed E-state index contributed by atoms with van der Waals surface area (Å²) in [6.07, 6.45) is 14.0. The average molecular weight is 278 g/mol. The minimum atomic E-state index is 0.752. The van der Waals surface area contributed by atoms with Crippen LogP contribution < -0.4 is 5.32 Å². The van der Waals surface area contributed by atoms with Crippen molar-refractivity contribution in [2.45, 2.75) is 12.8 Å². The third-order valence-electron chi connectivity index (χ3n) is 3.46. The highest BCUT2D eigenvalue weighted by Gasteiger charge is 2.14. The molecule has 0 fully saturated rings. The van der Waals surface area contributed by atoms with Crippen molar-refractivity contribution < 1.29 is 4.84 Å². The Bertz CT molecular complexity index is 636.